The molecule has 2 aromatic rings. The van der Waals surface area contributed by atoms with Gasteiger partial charge in [-0.15, -0.1) is 0 Å². The number of aromatic amines is 1. The molecule has 1 saturated heterocycles. The molecule has 0 bridgehead atoms. The lowest BCUT2D eigenvalue weighted by Gasteiger charge is -2.15. The number of hydrogen-bond acceptors (Lipinski definition) is 5. The summed E-state index contributed by atoms with van der Waals surface area (Å²) in [5.74, 6) is -1.74. The molecular weight excluding hydrogens is 381 g/mol. The lowest BCUT2D eigenvalue weighted by molar-refractivity contribution is -0.192. The van der Waals surface area contributed by atoms with Crippen LogP contribution in [0.2, 0.25) is 0 Å². The predicted octanol–water partition coefficient (Wildman–Crippen LogP) is 2.39. The van der Waals surface area contributed by atoms with E-state index < -0.39 is 12.1 Å². The summed E-state index contributed by atoms with van der Waals surface area (Å²) in [6.07, 6.45) is -1.19. The molecule has 2 aliphatic rings. The topological polar surface area (TPSA) is 103 Å². The molecule has 0 aromatic carbocycles. The molecular formula is C17H19F3N4O4. The highest BCUT2D eigenvalue weighted by Crippen LogP contribution is 2.27. The Kier molecular flexibility index (Phi) is 5.73. The molecule has 0 spiro atoms. The van der Waals surface area contributed by atoms with Gasteiger partial charge >= 0.3 is 12.1 Å². The lowest BCUT2D eigenvalue weighted by atomic mass is 10.2. The Morgan fingerprint density at radius 2 is 1.93 bits per heavy atom. The quantitative estimate of drug-likeness (QED) is 0.820. The number of alkyl halides is 3. The molecule has 1 amide bonds. The first-order chi connectivity index (χ1) is 13.3. The summed E-state index contributed by atoms with van der Waals surface area (Å²) < 4.78 is 37.1. The summed E-state index contributed by atoms with van der Waals surface area (Å²) in [6, 6.07) is 3.87. The van der Waals surface area contributed by atoms with Crippen molar-refractivity contribution < 1.29 is 32.3 Å². The van der Waals surface area contributed by atoms with E-state index in [9.17, 15) is 18.0 Å². The Morgan fingerprint density at radius 3 is 2.50 bits per heavy atom. The van der Waals surface area contributed by atoms with Crippen LogP contribution in [-0.2, 0) is 24.4 Å². The van der Waals surface area contributed by atoms with Gasteiger partial charge in [-0.1, -0.05) is 0 Å². The molecule has 4 rings (SSSR count). The zero-order chi connectivity index (χ0) is 20.3. The second-order valence-corrected chi connectivity index (χ2v) is 6.56. The minimum absolute atomic E-state index is 0.0739. The third kappa shape index (κ3) is 4.53. The van der Waals surface area contributed by atoms with Crippen LogP contribution in [0.15, 0.2) is 22.8 Å². The monoisotopic (exact) mass is 400 g/mol. The molecule has 28 heavy (non-hydrogen) atoms. The molecule has 2 N–H and O–H groups in total. The molecule has 11 heteroatoms. The smallest absolute Gasteiger partial charge is 0.475 e. The van der Waals surface area contributed by atoms with Gasteiger partial charge in [-0.3, -0.25) is 14.8 Å². The van der Waals surface area contributed by atoms with Crippen LogP contribution in [0.3, 0.4) is 0 Å². The number of halogens is 3. The van der Waals surface area contributed by atoms with Gasteiger partial charge < -0.3 is 14.4 Å². The molecule has 8 nitrogen and oxygen atoms in total. The van der Waals surface area contributed by atoms with Crippen molar-refractivity contribution in [3.63, 3.8) is 0 Å². The van der Waals surface area contributed by atoms with Crippen molar-refractivity contribution in [3.8, 4) is 0 Å². The summed E-state index contributed by atoms with van der Waals surface area (Å²) in [6.45, 7) is 4.01. The Hall–Kier alpha value is -2.82. The number of likely N-dealkylation sites (tertiary alicyclic amines) is 1. The molecule has 0 unspecified atom stereocenters. The average molecular weight is 400 g/mol. The number of aromatic nitrogens is 2. The van der Waals surface area contributed by atoms with Crippen molar-refractivity contribution in [1.82, 2.24) is 20.0 Å². The number of H-pyrrole nitrogens is 1. The van der Waals surface area contributed by atoms with Crippen molar-refractivity contribution >= 4 is 11.9 Å². The Morgan fingerprint density at radius 1 is 1.25 bits per heavy atom. The van der Waals surface area contributed by atoms with Gasteiger partial charge in [-0.05, 0) is 25.0 Å². The molecule has 1 fully saturated rings. The van der Waals surface area contributed by atoms with E-state index in [1.807, 2.05) is 17.0 Å². The maximum atomic E-state index is 12.5. The molecule has 152 valence electrons. The SMILES string of the molecule is O=C(O)C(F)(F)F.O=C(c1n[nH]c2c1CN(Cc1ccco1)C2)N1CCCC1. The third-order valence-electron chi connectivity index (χ3n) is 4.51. The largest absolute Gasteiger partial charge is 0.490 e. The van der Waals surface area contributed by atoms with Crippen LogP contribution in [0, 0.1) is 0 Å². The van der Waals surface area contributed by atoms with E-state index in [-0.39, 0.29) is 5.91 Å². The Labute approximate surface area is 157 Å². The van der Waals surface area contributed by atoms with Gasteiger partial charge in [-0.2, -0.15) is 18.3 Å². The van der Waals surface area contributed by atoms with E-state index in [1.54, 1.807) is 6.26 Å². The predicted molar refractivity (Wildman–Crippen MR) is 89.1 cm³/mol. The second-order valence-electron chi connectivity index (χ2n) is 6.56. The van der Waals surface area contributed by atoms with E-state index in [4.69, 9.17) is 14.3 Å². The number of carbonyl (C=O) groups excluding carboxylic acids is 1. The van der Waals surface area contributed by atoms with Crippen LogP contribution in [0.25, 0.3) is 0 Å². The molecule has 0 aliphatic carbocycles. The molecule has 2 aliphatic heterocycles. The minimum atomic E-state index is -5.08. The van der Waals surface area contributed by atoms with E-state index in [0.29, 0.717) is 5.69 Å². The Balaban J connectivity index is 0.000000279. The molecule has 0 saturated carbocycles. The number of furan rings is 1. The lowest BCUT2D eigenvalue weighted by Crippen LogP contribution is -2.29. The van der Waals surface area contributed by atoms with E-state index in [2.05, 4.69) is 15.1 Å². The van der Waals surface area contributed by atoms with Gasteiger partial charge in [0.2, 0.25) is 0 Å². The number of hydrogen-bond donors (Lipinski definition) is 2. The molecule has 4 heterocycles. The van der Waals surface area contributed by atoms with Crippen LogP contribution in [0.5, 0.6) is 0 Å². The standard InChI is InChI=1S/C15H18N4O2.C2HF3O2/c20-15(19-5-1-2-6-19)14-12-9-18(10-13(12)16-17-14)8-11-4-3-7-21-11;3-2(4,5)1(6)7/h3-4,7H,1-2,5-6,8-10H2,(H,16,17);(H,6,7). The zero-order valence-corrected chi connectivity index (χ0v) is 14.8. The van der Waals surface area contributed by atoms with Crippen molar-refractivity contribution in [2.24, 2.45) is 0 Å². The van der Waals surface area contributed by atoms with Crippen molar-refractivity contribution in [1.29, 1.82) is 0 Å². The van der Waals surface area contributed by atoms with Crippen molar-refractivity contribution in [3.05, 3.63) is 41.1 Å². The van der Waals surface area contributed by atoms with Crippen molar-refractivity contribution in [2.45, 2.75) is 38.7 Å². The normalized spacial score (nSPS) is 16.6. The van der Waals surface area contributed by atoms with Crippen LogP contribution in [0.1, 0.15) is 40.3 Å². The fourth-order valence-corrected chi connectivity index (χ4v) is 3.19. The maximum Gasteiger partial charge on any atom is 0.490 e. The van der Waals surface area contributed by atoms with Crippen LogP contribution in [0.4, 0.5) is 13.2 Å². The molecule has 0 radical (unpaired) electrons. The Bertz CT molecular complexity index is 826. The third-order valence-corrected chi connectivity index (χ3v) is 4.51. The van der Waals surface area contributed by atoms with Gasteiger partial charge in [0.05, 0.1) is 18.5 Å². The molecule has 2 aromatic heterocycles. The number of carboxylic acid groups (broad SMARTS) is 1. The fourth-order valence-electron chi connectivity index (χ4n) is 3.19. The summed E-state index contributed by atoms with van der Waals surface area (Å²) in [5.41, 5.74) is 2.72. The number of nitrogens with one attached hydrogen (secondary N) is 1. The van der Waals surface area contributed by atoms with Gasteiger partial charge in [0.15, 0.2) is 5.69 Å². The van der Waals surface area contributed by atoms with Gasteiger partial charge in [0.25, 0.3) is 5.91 Å². The average Bonchev–Trinajstić information content (AvgIpc) is 3.40. The van der Waals surface area contributed by atoms with E-state index in [1.165, 1.54) is 0 Å². The van der Waals surface area contributed by atoms with Gasteiger partial charge in [-0.25, -0.2) is 4.79 Å². The first-order valence-corrected chi connectivity index (χ1v) is 8.66. The second kappa shape index (κ2) is 8.05. The fraction of sp³-hybridized carbons (Fsp3) is 0.471. The van der Waals surface area contributed by atoms with Crippen LogP contribution >= 0.6 is 0 Å². The summed E-state index contributed by atoms with van der Waals surface area (Å²) in [5, 5.41) is 14.4. The number of amides is 1. The van der Waals surface area contributed by atoms with Gasteiger partial charge in [0.1, 0.15) is 5.76 Å². The first-order valence-electron chi connectivity index (χ1n) is 8.66. The van der Waals surface area contributed by atoms with E-state index >= 15 is 0 Å². The number of rotatable bonds is 3. The van der Waals surface area contributed by atoms with Crippen LogP contribution in [-0.4, -0.2) is 56.2 Å². The number of carbonyl (C=O) groups is 2. The highest BCUT2D eigenvalue weighted by atomic mass is 19.4. The highest BCUT2D eigenvalue weighted by Gasteiger charge is 2.38. The summed E-state index contributed by atoms with van der Waals surface area (Å²) in [7, 11) is 0. The number of carboxylic acids is 1. The number of fused-ring (bicyclic) bond motifs is 1. The first kappa shape index (κ1) is 19.9. The summed E-state index contributed by atoms with van der Waals surface area (Å²) in [4.78, 5) is 25.6. The van der Waals surface area contributed by atoms with Gasteiger partial charge in [0, 0.05) is 31.7 Å². The number of nitrogens with zero attached hydrogens (tertiary/aromatic N) is 3. The van der Waals surface area contributed by atoms with Crippen LogP contribution < -0.4 is 0 Å². The highest BCUT2D eigenvalue weighted by molar-refractivity contribution is 5.94. The van der Waals surface area contributed by atoms with Crippen molar-refractivity contribution in [2.75, 3.05) is 13.1 Å². The number of aliphatic carboxylic acids is 1. The zero-order valence-electron chi connectivity index (χ0n) is 14.8. The minimum Gasteiger partial charge on any atom is -0.475 e. The van der Waals surface area contributed by atoms with E-state index in [0.717, 1.165) is 62.6 Å². The summed E-state index contributed by atoms with van der Waals surface area (Å²) >= 11 is 0. The maximum absolute atomic E-state index is 12.5. The molecule has 0 atom stereocenters.